The Bertz CT molecular complexity index is 786. The molecule has 0 N–H and O–H groups in total. The third-order valence-electron chi connectivity index (χ3n) is 5.32. The second-order valence-corrected chi connectivity index (χ2v) is 8.08. The Morgan fingerprint density at radius 3 is 1.70 bits per heavy atom. The van der Waals surface area contributed by atoms with Crippen LogP contribution in [0.5, 0.6) is 0 Å². The molecular weight excluding hydrogens is 396 g/mol. The van der Waals surface area contributed by atoms with Crippen LogP contribution in [0.15, 0.2) is 89.4 Å². The molecule has 1 fully saturated rings. The highest BCUT2D eigenvalue weighted by Gasteiger charge is 2.26. The highest BCUT2D eigenvalue weighted by molar-refractivity contribution is 9.10. The molecule has 3 heteroatoms. The van der Waals surface area contributed by atoms with Crippen molar-refractivity contribution in [1.29, 1.82) is 0 Å². The molecule has 1 saturated heterocycles. The molecule has 0 spiro atoms. The fourth-order valence-corrected chi connectivity index (χ4v) is 4.18. The number of piperazine rings is 1. The van der Waals surface area contributed by atoms with Gasteiger partial charge in [-0.15, -0.1) is 0 Å². The van der Waals surface area contributed by atoms with Crippen molar-refractivity contribution >= 4 is 15.9 Å². The number of nitrogens with zero attached hydrogens (tertiary/aromatic N) is 2. The van der Waals surface area contributed by atoms with Gasteiger partial charge in [0, 0.05) is 37.2 Å². The molecule has 3 aromatic carbocycles. The van der Waals surface area contributed by atoms with E-state index in [2.05, 4.69) is 111 Å². The molecule has 1 aliphatic heterocycles. The average Bonchev–Trinajstić information content (AvgIpc) is 2.73. The normalized spacial score (nSPS) is 15.9. The molecule has 3 aromatic rings. The summed E-state index contributed by atoms with van der Waals surface area (Å²) in [6, 6.07) is 30.8. The summed E-state index contributed by atoms with van der Waals surface area (Å²) in [6.07, 6.45) is 0. The molecule has 1 heterocycles. The van der Waals surface area contributed by atoms with Gasteiger partial charge in [0.25, 0.3) is 0 Å². The van der Waals surface area contributed by atoms with Crippen molar-refractivity contribution in [2.75, 3.05) is 26.2 Å². The molecule has 0 unspecified atom stereocenters. The van der Waals surface area contributed by atoms with Gasteiger partial charge in [0.05, 0.1) is 6.04 Å². The standard InChI is InChI=1S/C24H25BrN2/c25-23-13-11-20(12-14-23)19-26-15-17-27(18-16-26)24(21-7-3-1-4-8-21)22-9-5-2-6-10-22/h1-14,24H,15-19H2. The van der Waals surface area contributed by atoms with Gasteiger partial charge in [-0.25, -0.2) is 0 Å². The summed E-state index contributed by atoms with van der Waals surface area (Å²) in [4.78, 5) is 5.19. The first-order chi connectivity index (χ1) is 13.3. The fraction of sp³-hybridized carbons (Fsp3) is 0.250. The number of hydrogen-bond donors (Lipinski definition) is 0. The summed E-state index contributed by atoms with van der Waals surface area (Å²) >= 11 is 3.52. The SMILES string of the molecule is Brc1ccc(CN2CCN(C(c3ccccc3)c3ccccc3)CC2)cc1. The first-order valence-corrected chi connectivity index (χ1v) is 10.4. The highest BCUT2D eigenvalue weighted by atomic mass is 79.9. The Morgan fingerprint density at radius 2 is 1.19 bits per heavy atom. The molecule has 27 heavy (non-hydrogen) atoms. The number of rotatable bonds is 5. The minimum Gasteiger partial charge on any atom is -0.297 e. The van der Waals surface area contributed by atoms with Crippen LogP contribution >= 0.6 is 15.9 Å². The number of hydrogen-bond acceptors (Lipinski definition) is 2. The van der Waals surface area contributed by atoms with E-state index in [0.29, 0.717) is 6.04 Å². The van der Waals surface area contributed by atoms with Crippen molar-refractivity contribution in [3.8, 4) is 0 Å². The predicted octanol–water partition coefficient (Wildman–Crippen LogP) is 5.36. The maximum absolute atomic E-state index is 3.52. The zero-order valence-electron chi connectivity index (χ0n) is 15.5. The predicted molar refractivity (Wildman–Crippen MR) is 116 cm³/mol. The summed E-state index contributed by atoms with van der Waals surface area (Å²) in [5, 5.41) is 0. The third kappa shape index (κ3) is 4.67. The number of benzene rings is 3. The Labute approximate surface area is 170 Å². The minimum absolute atomic E-state index is 0.335. The lowest BCUT2D eigenvalue weighted by Gasteiger charge is -2.39. The summed E-state index contributed by atoms with van der Waals surface area (Å²) in [5.74, 6) is 0. The lowest BCUT2D eigenvalue weighted by Crippen LogP contribution is -2.47. The fourth-order valence-electron chi connectivity index (χ4n) is 3.91. The summed E-state index contributed by atoms with van der Waals surface area (Å²) in [6.45, 7) is 5.41. The first-order valence-electron chi connectivity index (χ1n) is 9.60. The molecule has 0 aromatic heterocycles. The minimum atomic E-state index is 0.335. The molecule has 0 atom stereocenters. The lowest BCUT2D eigenvalue weighted by atomic mass is 9.96. The van der Waals surface area contributed by atoms with Crippen molar-refractivity contribution in [1.82, 2.24) is 9.80 Å². The van der Waals surface area contributed by atoms with E-state index in [0.717, 1.165) is 37.2 Å². The van der Waals surface area contributed by atoms with Gasteiger partial charge in [-0.3, -0.25) is 9.80 Å². The summed E-state index contributed by atoms with van der Waals surface area (Å²) in [5.41, 5.74) is 4.14. The van der Waals surface area contributed by atoms with Gasteiger partial charge in [-0.1, -0.05) is 88.7 Å². The molecule has 4 rings (SSSR count). The van der Waals surface area contributed by atoms with E-state index in [1.54, 1.807) is 0 Å². The van der Waals surface area contributed by atoms with E-state index in [4.69, 9.17) is 0 Å². The Hall–Kier alpha value is -1.94. The van der Waals surface area contributed by atoms with Crippen LogP contribution in [-0.4, -0.2) is 36.0 Å². The Kier molecular flexibility index (Phi) is 6.03. The second kappa shape index (κ2) is 8.83. The molecule has 0 radical (unpaired) electrons. The molecule has 0 saturated carbocycles. The maximum Gasteiger partial charge on any atom is 0.0602 e. The van der Waals surface area contributed by atoms with Crippen LogP contribution in [0.2, 0.25) is 0 Å². The van der Waals surface area contributed by atoms with Gasteiger partial charge >= 0.3 is 0 Å². The highest BCUT2D eigenvalue weighted by Crippen LogP contribution is 2.29. The van der Waals surface area contributed by atoms with Crippen molar-refractivity contribution < 1.29 is 0 Å². The maximum atomic E-state index is 3.52. The van der Waals surface area contributed by atoms with Crippen LogP contribution in [0.25, 0.3) is 0 Å². The molecule has 0 amide bonds. The summed E-state index contributed by atoms with van der Waals surface area (Å²) < 4.78 is 1.14. The van der Waals surface area contributed by atoms with E-state index in [-0.39, 0.29) is 0 Å². The second-order valence-electron chi connectivity index (χ2n) is 7.16. The molecule has 1 aliphatic rings. The van der Waals surface area contributed by atoms with Gasteiger partial charge < -0.3 is 0 Å². The topological polar surface area (TPSA) is 6.48 Å². The average molecular weight is 421 g/mol. The van der Waals surface area contributed by atoms with Crippen LogP contribution < -0.4 is 0 Å². The zero-order valence-corrected chi connectivity index (χ0v) is 17.1. The molecule has 0 bridgehead atoms. The van der Waals surface area contributed by atoms with Crippen molar-refractivity contribution in [3.63, 3.8) is 0 Å². The largest absolute Gasteiger partial charge is 0.297 e. The molecule has 2 nitrogen and oxygen atoms in total. The van der Waals surface area contributed by atoms with Gasteiger partial charge in [-0.05, 0) is 28.8 Å². The lowest BCUT2D eigenvalue weighted by molar-refractivity contribution is 0.105. The van der Waals surface area contributed by atoms with Crippen molar-refractivity contribution in [3.05, 3.63) is 106 Å². The van der Waals surface area contributed by atoms with E-state index < -0.39 is 0 Å². The van der Waals surface area contributed by atoms with Crippen molar-refractivity contribution in [2.45, 2.75) is 12.6 Å². The van der Waals surface area contributed by atoms with Crippen LogP contribution in [0, 0.1) is 0 Å². The van der Waals surface area contributed by atoms with E-state index in [1.165, 1.54) is 16.7 Å². The van der Waals surface area contributed by atoms with E-state index >= 15 is 0 Å². The first kappa shape index (κ1) is 18.4. The Morgan fingerprint density at radius 1 is 0.667 bits per heavy atom. The van der Waals surface area contributed by atoms with Gasteiger partial charge in [0.1, 0.15) is 0 Å². The summed E-state index contributed by atoms with van der Waals surface area (Å²) in [7, 11) is 0. The monoisotopic (exact) mass is 420 g/mol. The molecule has 138 valence electrons. The number of halogens is 1. The quantitative estimate of drug-likeness (QED) is 0.548. The van der Waals surface area contributed by atoms with Crippen molar-refractivity contribution in [2.24, 2.45) is 0 Å². The zero-order chi connectivity index (χ0) is 18.5. The van der Waals surface area contributed by atoms with Crippen LogP contribution in [0.3, 0.4) is 0 Å². The van der Waals surface area contributed by atoms with Gasteiger partial charge in [-0.2, -0.15) is 0 Å². The van der Waals surface area contributed by atoms with Crippen LogP contribution in [0.4, 0.5) is 0 Å². The van der Waals surface area contributed by atoms with Gasteiger partial charge in [0.15, 0.2) is 0 Å². The van der Waals surface area contributed by atoms with Gasteiger partial charge in [0.2, 0.25) is 0 Å². The van der Waals surface area contributed by atoms with E-state index in [1.807, 2.05) is 0 Å². The Balaban J connectivity index is 1.46. The molecule has 0 aliphatic carbocycles. The molecular formula is C24H25BrN2. The third-order valence-corrected chi connectivity index (χ3v) is 5.85. The van der Waals surface area contributed by atoms with Crippen LogP contribution in [0.1, 0.15) is 22.7 Å². The van der Waals surface area contributed by atoms with E-state index in [9.17, 15) is 0 Å². The smallest absolute Gasteiger partial charge is 0.0602 e. The van der Waals surface area contributed by atoms with Crippen LogP contribution in [-0.2, 0) is 6.54 Å².